The number of hydrogen-bond acceptors (Lipinski definition) is 4. The van der Waals surface area contributed by atoms with Crippen molar-refractivity contribution in [3.63, 3.8) is 0 Å². The normalized spacial score (nSPS) is 12.4. The Hall–Kier alpha value is -0.870. The third-order valence-corrected chi connectivity index (χ3v) is 7.34. The average Bonchev–Trinajstić information content (AvgIpc) is 2.92. The number of unbranched alkanes of at least 4 members (excludes halogenated alkanes) is 21. The second-order valence-electron chi connectivity index (χ2n) is 11.2. The predicted octanol–water partition coefficient (Wildman–Crippen LogP) is 10.3. The molecule has 0 bridgehead atoms. The van der Waals surface area contributed by atoms with Crippen LogP contribution in [0.5, 0.6) is 0 Å². The molecule has 0 aliphatic carbocycles. The SMILES string of the molecule is CCCCCCCCC/C=C\CCCCCCCCCC(=O)OC(CO)COCCCCCCCCCC. The third kappa shape index (κ3) is 29.7. The van der Waals surface area contributed by atoms with Gasteiger partial charge in [-0.15, -0.1) is 0 Å². The van der Waals surface area contributed by atoms with E-state index in [-0.39, 0.29) is 12.6 Å². The number of allylic oxidation sites excluding steroid dienone is 2. The van der Waals surface area contributed by atoms with Crippen molar-refractivity contribution in [2.24, 2.45) is 0 Å². The van der Waals surface area contributed by atoms with Gasteiger partial charge in [-0.3, -0.25) is 4.79 Å². The lowest BCUT2D eigenvalue weighted by atomic mass is 10.1. The van der Waals surface area contributed by atoms with Crippen molar-refractivity contribution in [2.45, 2.75) is 180 Å². The van der Waals surface area contributed by atoms with Crippen LogP contribution in [0, 0.1) is 0 Å². The van der Waals surface area contributed by atoms with Crippen LogP contribution in [0.25, 0.3) is 0 Å². The standard InChI is InChI=1S/C34H66O4/c1-3-5-7-9-11-13-14-15-16-17-18-19-20-21-22-23-25-27-29-34(36)38-33(31-35)32-37-30-28-26-24-12-10-8-6-4-2/h16-17,33,35H,3-15,18-32H2,1-2H3/b17-16-. The first-order chi connectivity index (χ1) is 18.7. The van der Waals surface area contributed by atoms with Gasteiger partial charge in [0.2, 0.25) is 0 Å². The van der Waals surface area contributed by atoms with E-state index in [4.69, 9.17) is 9.47 Å². The molecule has 4 heteroatoms. The smallest absolute Gasteiger partial charge is 0.306 e. The maximum atomic E-state index is 12.1. The van der Waals surface area contributed by atoms with Crippen LogP contribution in [0.2, 0.25) is 0 Å². The van der Waals surface area contributed by atoms with Crippen molar-refractivity contribution in [1.82, 2.24) is 0 Å². The first-order valence-electron chi connectivity index (χ1n) is 16.8. The largest absolute Gasteiger partial charge is 0.457 e. The molecule has 38 heavy (non-hydrogen) atoms. The highest BCUT2D eigenvalue weighted by molar-refractivity contribution is 5.69. The molecule has 0 spiro atoms. The van der Waals surface area contributed by atoms with E-state index in [0.29, 0.717) is 19.6 Å². The summed E-state index contributed by atoms with van der Waals surface area (Å²) in [5.74, 6) is -0.206. The van der Waals surface area contributed by atoms with Crippen molar-refractivity contribution in [2.75, 3.05) is 19.8 Å². The van der Waals surface area contributed by atoms with Gasteiger partial charge in [-0.1, -0.05) is 142 Å². The van der Waals surface area contributed by atoms with E-state index in [9.17, 15) is 9.90 Å². The zero-order chi connectivity index (χ0) is 27.8. The molecular weight excluding hydrogens is 472 g/mol. The Morgan fingerprint density at radius 1 is 0.605 bits per heavy atom. The van der Waals surface area contributed by atoms with Crippen molar-refractivity contribution in [3.05, 3.63) is 12.2 Å². The van der Waals surface area contributed by atoms with Crippen molar-refractivity contribution >= 4 is 5.97 Å². The minimum atomic E-state index is -0.527. The highest BCUT2D eigenvalue weighted by atomic mass is 16.6. The summed E-state index contributed by atoms with van der Waals surface area (Å²) in [5.41, 5.74) is 0. The molecule has 0 aliphatic heterocycles. The molecular formula is C34H66O4. The van der Waals surface area contributed by atoms with E-state index >= 15 is 0 Å². The number of ether oxygens (including phenoxy) is 2. The summed E-state index contributed by atoms with van der Waals surface area (Å²) in [6.07, 6.45) is 35.3. The number of esters is 1. The monoisotopic (exact) mass is 538 g/mol. The molecule has 0 aromatic carbocycles. The Morgan fingerprint density at radius 3 is 1.50 bits per heavy atom. The molecule has 4 nitrogen and oxygen atoms in total. The van der Waals surface area contributed by atoms with Gasteiger partial charge in [0, 0.05) is 13.0 Å². The first kappa shape index (κ1) is 37.1. The summed E-state index contributed by atoms with van der Waals surface area (Å²) in [7, 11) is 0. The summed E-state index contributed by atoms with van der Waals surface area (Å²) in [6.45, 7) is 5.33. The predicted molar refractivity (Wildman–Crippen MR) is 164 cm³/mol. The van der Waals surface area contributed by atoms with Crippen LogP contribution in [0.3, 0.4) is 0 Å². The average molecular weight is 539 g/mol. The second kappa shape index (κ2) is 32.3. The number of carbonyl (C=O) groups is 1. The number of aliphatic hydroxyl groups excluding tert-OH is 1. The number of hydrogen-bond donors (Lipinski definition) is 1. The molecule has 226 valence electrons. The van der Waals surface area contributed by atoms with E-state index in [0.717, 1.165) is 19.3 Å². The Kier molecular flexibility index (Phi) is 31.6. The molecule has 1 N–H and O–H groups in total. The molecule has 0 heterocycles. The Labute approximate surface area is 237 Å². The van der Waals surface area contributed by atoms with Crippen molar-refractivity contribution in [3.8, 4) is 0 Å². The van der Waals surface area contributed by atoms with Gasteiger partial charge in [-0.05, 0) is 38.5 Å². The van der Waals surface area contributed by atoms with Crippen molar-refractivity contribution in [1.29, 1.82) is 0 Å². The fraction of sp³-hybridized carbons (Fsp3) is 0.912. The van der Waals surface area contributed by atoms with E-state index < -0.39 is 6.10 Å². The molecule has 0 fully saturated rings. The molecule has 0 saturated carbocycles. The Balaban J connectivity index is 3.42. The van der Waals surface area contributed by atoms with E-state index in [1.165, 1.54) is 135 Å². The zero-order valence-electron chi connectivity index (χ0n) is 25.7. The molecule has 0 amide bonds. The lowest BCUT2D eigenvalue weighted by Gasteiger charge is -2.15. The van der Waals surface area contributed by atoms with Crippen LogP contribution in [0.4, 0.5) is 0 Å². The molecule has 0 saturated heterocycles. The molecule has 1 unspecified atom stereocenters. The topological polar surface area (TPSA) is 55.8 Å². The van der Waals surface area contributed by atoms with Crippen LogP contribution in [-0.4, -0.2) is 37.0 Å². The summed E-state index contributed by atoms with van der Waals surface area (Å²) in [5, 5.41) is 9.48. The van der Waals surface area contributed by atoms with Gasteiger partial charge < -0.3 is 14.6 Å². The second-order valence-corrected chi connectivity index (χ2v) is 11.2. The van der Waals surface area contributed by atoms with Crippen LogP contribution in [-0.2, 0) is 14.3 Å². The van der Waals surface area contributed by atoms with Crippen LogP contribution < -0.4 is 0 Å². The number of rotatable bonds is 31. The van der Waals surface area contributed by atoms with Crippen LogP contribution >= 0.6 is 0 Å². The van der Waals surface area contributed by atoms with Crippen molar-refractivity contribution < 1.29 is 19.4 Å². The summed E-state index contributed by atoms with van der Waals surface area (Å²) in [6, 6.07) is 0. The molecule has 0 aromatic heterocycles. The molecule has 0 aliphatic rings. The zero-order valence-corrected chi connectivity index (χ0v) is 25.7. The fourth-order valence-corrected chi connectivity index (χ4v) is 4.79. The van der Waals surface area contributed by atoms with Gasteiger partial charge in [0.15, 0.2) is 0 Å². The molecule has 1 atom stereocenters. The quantitative estimate of drug-likeness (QED) is 0.0542. The lowest BCUT2D eigenvalue weighted by molar-refractivity contribution is -0.154. The van der Waals surface area contributed by atoms with Crippen LogP contribution in [0.1, 0.15) is 174 Å². The first-order valence-corrected chi connectivity index (χ1v) is 16.8. The summed E-state index contributed by atoms with van der Waals surface area (Å²) in [4.78, 5) is 12.1. The highest BCUT2D eigenvalue weighted by Crippen LogP contribution is 2.12. The Morgan fingerprint density at radius 2 is 1.03 bits per heavy atom. The number of carbonyl (C=O) groups excluding carboxylic acids is 1. The lowest BCUT2D eigenvalue weighted by Crippen LogP contribution is -2.27. The van der Waals surface area contributed by atoms with Crippen LogP contribution in [0.15, 0.2) is 12.2 Å². The van der Waals surface area contributed by atoms with Gasteiger partial charge in [-0.2, -0.15) is 0 Å². The Bertz CT molecular complexity index is 491. The van der Waals surface area contributed by atoms with Gasteiger partial charge >= 0.3 is 5.97 Å². The highest BCUT2D eigenvalue weighted by Gasteiger charge is 2.13. The minimum absolute atomic E-state index is 0.169. The molecule has 0 rings (SSSR count). The molecule has 0 radical (unpaired) electrons. The van der Waals surface area contributed by atoms with E-state index in [1.54, 1.807) is 0 Å². The van der Waals surface area contributed by atoms with E-state index in [1.807, 2.05) is 0 Å². The summed E-state index contributed by atoms with van der Waals surface area (Å²) < 4.78 is 11.0. The maximum Gasteiger partial charge on any atom is 0.306 e. The maximum absolute atomic E-state index is 12.1. The van der Waals surface area contributed by atoms with E-state index in [2.05, 4.69) is 26.0 Å². The minimum Gasteiger partial charge on any atom is -0.457 e. The number of aliphatic hydroxyl groups is 1. The fourth-order valence-electron chi connectivity index (χ4n) is 4.79. The molecule has 0 aromatic rings. The van der Waals surface area contributed by atoms with Gasteiger partial charge in [-0.25, -0.2) is 0 Å². The van der Waals surface area contributed by atoms with Gasteiger partial charge in [0.1, 0.15) is 6.10 Å². The van der Waals surface area contributed by atoms with Gasteiger partial charge in [0.25, 0.3) is 0 Å². The third-order valence-electron chi connectivity index (χ3n) is 7.34. The summed E-state index contributed by atoms with van der Waals surface area (Å²) >= 11 is 0. The van der Waals surface area contributed by atoms with Gasteiger partial charge in [0.05, 0.1) is 13.2 Å².